The second-order valence-electron chi connectivity index (χ2n) is 7.22. The molecule has 3 heterocycles. The highest BCUT2D eigenvalue weighted by Crippen LogP contribution is 2.38. The quantitative estimate of drug-likeness (QED) is 0.328. The predicted molar refractivity (Wildman–Crippen MR) is 125 cm³/mol. The van der Waals surface area contributed by atoms with E-state index < -0.39 is 0 Å². The molecule has 2 aromatic heterocycles. The van der Waals surface area contributed by atoms with Crippen molar-refractivity contribution in [2.75, 3.05) is 0 Å². The number of amides is 1. The zero-order valence-electron chi connectivity index (χ0n) is 16.2. The molecule has 7 heteroatoms. The van der Waals surface area contributed by atoms with E-state index in [9.17, 15) is 4.79 Å². The van der Waals surface area contributed by atoms with Gasteiger partial charge < -0.3 is 0 Å². The van der Waals surface area contributed by atoms with Crippen molar-refractivity contribution < 1.29 is 4.79 Å². The lowest BCUT2D eigenvalue weighted by Gasteiger charge is -2.23. The van der Waals surface area contributed by atoms with Gasteiger partial charge in [0.15, 0.2) is 0 Å². The average molecular weight is 492 g/mol. The normalized spacial score (nSPS) is 15.9. The van der Waals surface area contributed by atoms with Crippen molar-refractivity contribution >= 4 is 50.1 Å². The molecule has 31 heavy (non-hydrogen) atoms. The fourth-order valence-electron chi connectivity index (χ4n) is 3.73. The topological polar surface area (TPSA) is 58.5 Å². The molecule has 1 unspecified atom stereocenters. The van der Waals surface area contributed by atoms with Crippen LogP contribution in [-0.2, 0) is 0 Å². The molecule has 1 atom stereocenters. The first-order chi connectivity index (χ1) is 15.1. The van der Waals surface area contributed by atoms with E-state index in [-0.39, 0.29) is 11.9 Å². The van der Waals surface area contributed by atoms with Gasteiger partial charge in [0.05, 0.1) is 17.3 Å². The van der Waals surface area contributed by atoms with Gasteiger partial charge in [-0.1, -0.05) is 57.9 Å². The van der Waals surface area contributed by atoms with Crippen LogP contribution in [0.15, 0.2) is 88.7 Å². The minimum atomic E-state index is -0.357. The summed E-state index contributed by atoms with van der Waals surface area (Å²) in [5.74, 6) is -0.205. The van der Waals surface area contributed by atoms with Crippen LogP contribution in [0, 0.1) is 0 Å². The van der Waals surface area contributed by atoms with Crippen molar-refractivity contribution in [3.63, 3.8) is 0 Å². The van der Waals surface area contributed by atoms with Crippen LogP contribution in [0.3, 0.4) is 0 Å². The maximum Gasteiger partial charge on any atom is 0.274 e. The number of hydrogen-bond donors (Lipinski definition) is 0. The first-order valence-electron chi connectivity index (χ1n) is 9.72. The summed E-state index contributed by atoms with van der Waals surface area (Å²) in [5.41, 5.74) is 3.90. The van der Waals surface area contributed by atoms with Crippen LogP contribution in [0.25, 0.3) is 10.9 Å². The van der Waals surface area contributed by atoms with Crippen molar-refractivity contribution in [1.82, 2.24) is 15.0 Å². The van der Waals surface area contributed by atoms with E-state index in [0.717, 1.165) is 32.2 Å². The first-order valence-corrected chi connectivity index (χ1v) is 10.9. The molecule has 1 amide bonds. The molecule has 0 spiro atoms. The Morgan fingerprint density at radius 1 is 1.03 bits per heavy atom. The number of benzene rings is 2. The molecule has 1 aliphatic heterocycles. The monoisotopic (exact) mass is 490 g/mol. The maximum absolute atomic E-state index is 13.4. The lowest BCUT2D eigenvalue weighted by molar-refractivity contribution is 0.0711. The van der Waals surface area contributed by atoms with Crippen molar-refractivity contribution in [2.45, 2.75) is 12.5 Å². The summed E-state index contributed by atoms with van der Waals surface area (Å²) in [6.07, 6.45) is 3.74. The zero-order valence-corrected chi connectivity index (χ0v) is 18.6. The van der Waals surface area contributed by atoms with Gasteiger partial charge in [-0.05, 0) is 42.0 Å². The molecule has 5 rings (SSSR count). The van der Waals surface area contributed by atoms with E-state index in [2.05, 4.69) is 25.9 Å². The number of aromatic nitrogens is 2. The van der Waals surface area contributed by atoms with Gasteiger partial charge in [-0.25, -0.2) is 9.99 Å². The van der Waals surface area contributed by atoms with E-state index in [1.165, 1.54) is 5.01 Å². The first kappa shape index (κ1) is 19.8. The van der Waals surface area contributed by atoms with Gasteiger partial charge in [-0.3, -0.25) is 9.78 Å². The van der Waals surface area contributed by atoms with E-state index in [1.807, 2.05) is 54.6 Å². The van der Waals surface area contributed by atoms with Gasteiger partial charge in [0.2, 0.25) is 0 Å². The highest BCUT2D eigenvalue weighted by atomic mass is 79.9. The summed E-state index contributed by atoms with van der Waals surface area (Å²) in [4.78, 5) is 21.9. The number of hydrazone groups is 1. The summed E-state index contributed by atoms with van der Waals surface area (Å²) >= 11 is 10.1. The van der Waals surface area contributed by atoms with E-state index in [4.69, 9.17) is 16.7 Å². The van der Waals surface area contributed by atoms with Crippen molar-refractivity contribution in [3.8, 4) is 0 Å². The third-order valence-corrected chi connectivity index (χ3v) is 6.12. The largest absolute Gasteiger partial charge is 0.274 e. The Bertz CT molecular complexity index is 1310. The molecular weight excluding hydrogens is 476 g/mol. The Balaban J connectivity index is 1.60. The number of hydrogen-bond acceptors (Lipinski definition) is 4. The summed E-state index contributed by atoms with van der Waals surface area (Å²) in [6, 6.07) is 20.7. The molecule has 0 aliphatic carbocycles. The molecule has 2 aromatic carbocycles. The molecule has 4 aromatic rings. The minimum absolute atomic E-state index is 0.205. The molecule has 0 saturated carbocycles. The number of halogens is 2. The fourth-order valence-corrected chi connectivity index (χ4v) is 4.26. The standard InChI is InChI=1S/C24H16BrClN4O/c25-18-7-5-15(6-8-18)21-14-22(30(29-21)24(31)16-9-11-27-12-10-16)19-13-17-3-1-2-4-20(17)28-23(19)26/h1-13,22H,14H2. The number of carbonyl (C=O) groups excluding carboxylic acids is 1. The lowest BCUT2D eigenvalue weighted by atomic mass is 9.98. The molecule has 0 saturated heterocycles. The minimum Gasteiger partial charge on any atom is -0.267 e. The Kier molecular flexibility index (Phi) is 5.26. The molecular formula is C24H16BrClN4O. The van der Waals surface area contributed by atoms with Crippen molar-refractivity contribution in [1.29, 1.82) is 0 Å². The fraction of sp³-hybridized carbons (Fsp3) is 0.0833. The van der Waals surface area contributed by atoms with Crippen LogP contribution in [0.2, 0.25) is 5.15 Å². The highest BCUT2D eigenvalue weighted by Gasteiger charge is 2.35. The Morgan fingerprint density at radius 2 is 1.77 bits per heavy atom. The molecule has 1 aliphatic rings. The average Bonchev–Trinajstić information content (AvgIpc) is 3.24. The molecule has 0 bridgehead atoms. The predicted octanol–water partition coefficient (Wildman–Crippen LogP) is 6.04. The number of nitrogens with zero attached hydrogens (tertiary/aromatic N) is 4. The van der Waals surface area contributed by atoms with Crippen LogP contribution < -0.4 is 0 Å². The molecule has 0 N–H and O–H groups in total. The number of fused-ring (bicyclic) bond motifs is 1. The molecule has 152 valence electrons. The van der Waals surface area contributed by atoms with Crippen LogP contribution in [-0.4, -0.2) is 26.6 Å². The van der Waals surface area contributed by atoms with Crippen LogP contribution in [0.4, 0.5) is 0 Å². The summed E-state index contributed by atoms with van der Waals surface area (Å²) < 4.78 is 0.984. The summed E-state index contributed by atoms with van der Waals surface area (Å²) in [6.45, 7) is 0. The van der Waals surface area contributed by atoms with Gasteiger partial charge in [0.1, 0.15) is 5.15 Å². The smallest absolute Gasteiger partial charge is 0.267 e. The van der Waals surface area contributed by atoms with Crippen LogP contribution in [0.5, 0.6) is 0 Å². The number of para-hydroxylation sites is 1. The van der Waals surface area contributed by atoms with Gasteiger partial charge >= 0.3 is 0 Å². The Hall–Kier alpha value is -3.09. The molecule has 5 nitrogen and oxygen atoms in total. The summed E-state index contributed by atoms with van der Waals surface area (Å²) in [7, 11) is 0. The third-order valence-electron chi connectivity index (χ3n) is 5.29. The Morgan fingerprint density at radius 3 is 2.55 bits per heavy atom. The maximum atomic E-state index is 13.4. The van der Waals surface area contributed by atoms with Crippen LogP contribution >= 0.6 is 27.5 Å². The third kappa shape index (κ3) is 3.84. The second kappa shape index (κ2) is 8.21. The van der Waals surface area contributed by atoms with E-state index in [0.29, 0.717) is 17.1 Å². The SMILES string of the molecule is O=C(c1ccncc1)N1N=C(c2ccc(Br)cc2)CC1c1cc2ccccc2nc1Cl. The summed E-state index contributed by atoms with van der Waals surface area (Å²) in [5, 5.41) is 7.59. The van der Waals surface area contributed by atoms with E-state index in [1.54, 1.807) is 24.5 Å². The van der Waals surface area contributed by atoms with Crippen LogP contribution in [0.1, 0.15) is 33.9 Å². The Labute approximate surface area is 192 Å². The van der Waals surface area contributed by atoms with Gasteiger partial charge in [-0.15, -0.1) is 0 Å². The second-order valence-corrected chi connectivity index (χ2v) is 8.49. The van der Waals surface area contributed by atoms with Crippen molar-refractivity contribution in [3.05, 3.63) is 105 Å². The van der Waals surface area contributed by atoms with Crippen molar-refractivity contribution in [2.24, 2.45) is 5.10 Å². The molecule has 0 fully saturated rings. The van der Waals surface area contributed by atoms with Gasteiger partial charge in [0, 0.05) is 39.8 Å². The lowest BCUT2D eigenvalue weighted by Crippen LogP contribution is -2.27. The highest BCUT2D eigenvalue weighted by molar-refractivity contribution is 9.10. The van der Waals surface area contributed by atoms with E-state index >= 15 is 0 Å². The zero-order chi connectivity index (χ0) is 21.4. The molecule has 0 radical (unpaired) electrons. The number of rotatable bonds is 3. The van der Waals surface area contributed by atoms with Gasteiger partial charge in [-0.2, -0.15) is 5.10 Å². The number of carbonyl (C=O) groups is 1. The van der Waals surface area contributed by atoms with Gasteiger partial charge in [0.25, 0.3) is 5.91 Å². The number of pyridine rings is 2.